The Bertz CT molecular complexity index is 282. The maximum atomic E-state index is 10.1. The first-order valence-electron chi connectivity index (χ1n) is 5.15. The van der Waals surface area contributed by atoms with E-state index in [4.69, 9.17) is 4.74 Å². The van der Waals surface area contributed by atoms with E-state index in [0.717, 1.165) is 37.9 Å². The van der Waals surface area contributed by atoms with Crippen molar-refractivity contribution in [3.63, 3.8) is 0 Å². The number of rotatable bonds is 7. The molecule has 1 rings (SSSR count). The third-order valence-corrected chi connectivity index (χ3v) is 2.77. The molecule has 0 bridgehead atoms. The van der Waals surface area contributed by atoms with E-state index in [1.807, 2.05) is 24.3 Å². The number of benzene rings is 1. The second-order valence-corrected chi connectivity index (χ2v) is 4.56. The number of carbonyl (C=O) groups excluding carboxylic acids is 1. The van der Waals surface area contributed by atoms with Crippen LogP contribution in [0.4, 0.5) is 0 Å². The van der Waals surface area contributed by atoms with Gasteiger partial charge in [-0.15, -0.1) is 0 Å². The average Bonchev–Trinajstić information content (AvgIpc) is 2.26. The maximum Gasteiger partial charge on any atom is 0.119 e. The summed E-state index contributed by atoms with van der Waals surface area (Å²) < 4.78 is 6.76. The smallest absolute Gasteiger partial charge is 0.119 e. The first-order valence-corrected chi connectivity index (χ1v) is 6.23. The molecule has 0 amide bonds. The number of halogens is 1. The summed E-state index contributed by atoms with van der Waals surface area (Å²) in [5.41, 5.74) is 0. The van der Waals surface area contributed by atoms with Crippen LogP contribution in [0.3, 0.4) is 0 Å². The Balaban J connectivity index is 2.09. The highest BCUT2D eigenvalue weighted by atomic mass is 127. The Morgan fingerprint density at radius 3 is 2.53 bits per heavy atom. The van der Waals surface area contributed by atoms with Crippen LogP contribution in [0.2, 0.25) is 0 Å². The molecule has 0 aromatic heterocycles. The summed E-state index contributed by atoms with van der Waals surface area (Å²) in [7, 11) is 0. The fourth-order valence-corrected chi connectivity index (χ4v) is 1.59. The molecule has 0 aliphatic heterocycles. The van der Waals surface area contributed by atoms with Crippen LogP contribution in [0, 0.1) is 3.57 Å². The zero-order chi connectivity index (χ0) is 10.9. The topological polar surface area (TPSA) is 26.3 Å². The molecule has 1 aromatic carbocycles. The zero-order valence-corrected chi connectivity index (χ0v) is 10.8. The molecule has 3 heteroatoms. The highest BCUT2D eigenvalue weighted by molar-refractivity contribution is 14.1. The minimum absolute atomic E-state index is 0.670. The molecule has 0 heterocycles. The lowest BCUT2D eigenvalue weighted by molar-refractivity contribution is -0.107. The van der Waals surface area contributed by atoms with Gasteiger partial charge in [0.2, 0.25) is 0 Å². The Hall–Kier alpha value is -0.580. The first kappa shape index (κ1) is 12.5. The van der Waals surface area contributed by atoms with Crippen LogP contribution < -0.4 is 4.74 Å². The fourth-order valence-electron chi connectivity index (χ4n) is 1.23. The summed E-state index contributed by atoms with van der Waals surface area (Å²) in [6.45, 7) is 0.736. The molecule has 0 N–H and O–H groups in total. The first-order chi connectivity index (χ1) is 7.33. The quantitative estimate of drug-likeness (QED) is 0.437. The van der Waals surface area contributed by atoms with Crippen molar-refractivity contribution >= 4 is 28.9 Å². The summed E-state index contributed by atoms with van der Waals surface area (Å²) in [4.78, 5) is 10.1. The molecule has 2 nitrogen and oxygen atoms in total. The van der Waals surface area contributed by atoms with Crippen molar-refractivity contribution < 1.29 is 9.53 Å². The lowest BCUT2D eigenvalue weighted by atomic mass is 10.2. The van der Waals surface area contributed by atoms with E-state index in [0.29, 0.717) is 6.42 Å². The van der Waals surface area contributed by atoms with E-state index in [-0.39, 0.29) is 0 Å². The zero-order valence-electron chi connectivity index (χ0n) is 8.62. The summed E-state index contributed by atoms with van der Waals surface area (Å²) >= 11 is 2.27. The molecule has 0 unspecified atom stereocenters. The van der Waals surface area contributed by atoms with Gasteiger partial charge < -0.3 is 9.53 Å². The number of unbranched alkanes of at least 4 members (excludes halogenated alkanes) is 3. The second kappa shape index (κ2) is 7.68. The Morgan fingerprint density at radius 2 is 1.87 bits per heavy atom. The highest BCUT2D eigenvalue weighted by Crippen LogP contribution is 2.13. The number of carbonyl (C=O) groups is 1. The Labute approximate surface area is 104 Å². The summed E-state index contributed by atoms with van der Waals surface area (Å²) in [6.07, 6.45) is 4.69. The van der Waals surface area contributed by atoms with Gasteiger partial charge in [-0.1, -0.05) is 0 Å². The van der Waals surface area contributed by atoms with Crippen molar-refractivity contribution in [3.05, 3.63) is 27.8 Å². The highest BCUT2D eigenvalue weighted by Gasteiger charge is 1.93. The molecular weight excluding hydrogens is 303 g/mol. The van der Waals surface area contributed by atoms with Gasteiger partial charge >= 0.3 is 0 Å². The van der Waals surface area contributed by atoms with E-state index in [9.17, 15) is 4.79 Å². The van der Waals surface area contributed by atoms with Gasteiger partial charge in [0.15, 0.2) is 0 Å². The molecule has 82 valence electrons. The van der Waals surface area contributed by atoms with Gasteiger partial charge in [-0.2, -0.15) is 0 Å². The van der Waals surface area contributed by atoms with Gasteiger partial charge in [-0.25, -0.2) is 0 Å². The average molecular weight is 318 g/mol. The molecule has 0 spiro atoms. The lowest BCUT2D eigenvalue weighted by Crippen LogP contribution is -1.97. The van der Waals surface area contributed by atoms with E-state index >= 15 is 0 Å². The van der Waals surface area contributed by atoms with Crippen LogP contribution in [0.15, 0.2) is 24.3 Å². The molecule has 0 radical (unpaired) electrons. The lowest BCUT2D eigenvalue weighted by Gasteiger charge is -2.05. The molecular formula is C12H15IO2. The van der Waals surface area contributed by atoms with Crippen molar-refractivity contribution in [3.8, 4) is 5.75 Å². The largest absolute Gasteiger partial charge is 0.494 e. The van der Waals surface area contributed by atoms with Crippen molar-refractivity contribution in [2.45, 2.75) is 25.7 Å². The number of hydrogen-bond donors (Lipinski definition) is 0. The molecule has 1 aromatic rings. The molecule has 0 fully saturated rings. The summed E-state index contributed by atoms with van der Waals surface area (Å²) in [6, 6.07) is 8.02. The van der Waals surface area contributed by atoms with Gasteiger partial charge in [0.1, 0.15) is 12.0 Å². The summed E-state index contributed by atoms with van der Waals surface area (Å²) in [5, 5.41) is 0. The third-order valence-electron chi connectivity index (χ3n) is 2.05. The Kier molecular flexibility index (Phi) is 6.39. The Morgan fingerprint density at radius 1 is 1.13 bits per heavy atom. The molecule has 15 heavy (non-hydrogen) atoms. The minimum atomic E-state index is 0.670. The van der Waals surface area contributed by atoms with Crippen LogP contribution in [-0.2, 0) is 4.79 Å². The third kappa shape index (κ3) is 5.77. The van der Waals surface area contributed by atoms with E-state index in [1.54, 1.807) is 0 Å². The molecule has 0 atom stereocenters. The molecule has 0 aliphatic carbocycles. The number of aldehydes is 1. The van der Waals surface area contributed by atoms with Gasteiger partial charge in [-0.05, 0) is 66.1 Å². The predicted molar refractivity (Wildman–Crippen MR) is 69.2 cm³/mol. The van der Waals surface area contributed by atoms with E-state index < -0.39 is 0 Å². The van der Waals surface area contributed by atoms with Crippen LogP contribution in [0.5, 0.6) is 5.75 Å². The van der Waals surface area contributed by atoms with Crippen molar-refractivity contribution in [1.29, 1.82) is 0 Å². The van der Waals surface area contributed by atoms with Crippen molar-refractivity contribution in [2.24, 2.45) is 0 Å². The van der Waals surface area contributed by atoms with E-state index in [1.165, 1.54) is 3.57 Å². The van der Waals surface area contributed by atoms with Crippen LogP contribution in [-0.4, -0.2) is 12.9 Å². The fraction of sp³-hybridized carbons (Fsp3) is 0.417. The molecule has 0 aliphatic rings. The SMILES string of the molecule is O=CCCCCCOc1ccc(I)cc1. The maximum absolute atomic E-state index is 10.1. The second-order valence-electron chi connectivity index (χ2n) is 3.32. The van der Waals surface area contributed by atoms with Crippen LogP contribution in [0.1, 0.15) is 25.7 Å². The minimum Gasteiger partial charge on any atom is -0.494 e. The molecule has 0 saturated carbocycles. The van der Waals surface area contributed by atoms with Gasteiger partial charge in [0, 0.05) is 9.99 Å². The van der Waals surface area contributed by atoms with Crippen LogP contribution in [0.25, 0.3) is 0 Å². The van der Waals surface area contributed by atoms with Gasteiger partial charge in [-0.3, -0.25) is 0 Å². The van der Waals surface area contributed by atoms with Gasteiger partial charge in [0.25, 0.3) is 0 Å². The van der Waals surface area contributed by atoms with Crippen molar-refractivity contribution in [1.82, 2.24) is 0 Å². The summed E-state index contributed by atoms with van der Waals surface area (Å²) in [5.74, 6) is 0.922. The number of ether oxygens (including phenoxy) is 1. The predicted octanol–water partition coefficient (Wildman–Crippen LogP) is 3.43. The molecule has 0 saturated heterocycles. The van der Waals surface area contributed by atoms with E-state index in [2.05, 4.69) is 22.6 Å². The van der Waals surface area contributed by atoms with Crippen LogP contribution >= 0.6 is 22.6 Å². The standard InChI is InChI=1S/C12H15IO2/c13-11-5-7-12(8-6-11)15-10-4-2-1-3-9-14/h5-9H,1-4,10H2. The number of hydrogen-bond acceptors (Lipinski definition) is 2. The monoisotopic (exact) mass is 318 g/mol. The van der Waals surface area contributed by atoms with Crippen molar-refractivity contribution in [2.75, 3.05) is 6.61 Å². The van der Waals surface area contributed by atoms with Gasteiger partial charge in [0.05, 0.1) is 6.61 Å². The normalized spacial score (nSPS) is 9.93.